The molecule has 2 nitrogen and oxygen atoms in total. The second kappa shape index (κ2) is 5.90. The lowest BCUT2D eigenvalue weighted by Crippen LogP contribution is -2.24. The number of rotatable bonds is 4. The van der Waals surface area contributed by atoms with E-state index in [2.05, 4.69) is 41.7 Å². The lowest BCUT2D eigenvalue weighted by Gasteiger charge is -2.25. The van der Waals surface area contributed by atoms with Crippen LogP contribution in [0.4, 0.5) is 0 Å². The third-order valence-corrected chi connectivity index (χ3v) is 5.13. The van der Waals surface area contributed by atoms with Crippen molar-refractivity contribution in [3.8, 4) is 5.75 Å². The Morgan fingerprint density at radius 3 is 2.70 bits per heavy atom. The van der Waals surface area contributed by atoms with E-state index in [1.165, 1.54) is 16.0 Å². The van der Waals surface area contributed by atoms with E-state index in [1.54, 1.807) is 7.11 Å². The molecule has 2 unspecified atom stereocenters. The molecule has 0 radical (unpaired) electrons. The second-order valence-corrected chi connectivity index (χ2v) is 6.03. The molecule has 0 amide bonds. The molecule has 3 rings (SSSR count). The predicted octanol–water partition coefficient (Wildman–Crippen LogP) is 3.85. The van der Waals surface area contributed by atoms with Gasteiger partial charge in [-0.2, -0.15) is 0 Å². The van der Waals surface area contributed by atoms with E-state index >= 15 is 0 Å². The molecule has 2 aromatic rings. The van der Waals surface area contributed by atoms with Crippen LogP contribution in [0.25, 0.3) is 0 Å². The van der Waals surface area contributed by atoms with Crippen molar-refractivity contribution in [2.24, 2.45) is 0 Å². The lowest BCUT2D eigenvalue weighted by atomic mass is 9.88. The number of fused-ring (bicyclic) bond motifs is 1. The summed E-state index contributed by atoms with van der Waals surface area (Å²) in [7, 11) is 3.77. The smallest absolute Gasteiger partial charge is 0.123 e. The van der Waals surface area contributed by atoms with Crippen LogP contribution in [-0.4, -0.2) is 19.9 Å². The first-order valence-electron chi connectivity index (χ1n) is 6.87. The van der Waals surface area contributed by atoms with Gasteiger partial charge in [0.15, 0.2) is 0 Å². The van der Waals surface area contributed by atoms with Gasteiger partial charge in [-0.15, -0.1) is 11.8 Å². The Kier molecular flexibility index (Phi) is 3.99. The van der Waals surface area contributed by atoms with Gasteiger partial charge in [0.2, 0.25) is 0 Å². The van der Waals surface area contributed by atoms with Crippen molar-refractivity contribution in [1.29, 1.82) is 0 Å². The quantitative estimate of drug-likeness (QED) is 0.922. The highest BCUT2D eigenvalue weighted by atomic mass is 32.2. The van der Waals surface area contributed by atoms with Crippen LogP contribution in [0.15, 0.2) is 53.4 Å². The number of para-hydroxylation sites is 1. The number of ether oxygens (including phenoxy) is 1. The number of methoxy groups -OCH3 is 1. The zero-order valence-electron chi connectivity index (χ0n) is 11.8. The summed E-state index contributed by atoms with van der Waals surface area (Å²) in [6.45, 7) is 0. The summed E-state index contributed by atoms with van der Waals surface area (Å²) in [6, 6.07) is 17.3. The van der Waals surface area contributed by atoms with Crippen molar-refractivity contribution in [1.82, 2.24) is 5.32 Å². The van der Waals surface area contributed by atoms with Crippen LogP contribution in [-0.2, 0) is 0 Å². The van der Waals surface area contributed by atoms with Gasteiger partial charge >= 0.3 is 0 Å². The minimum absolute atomic E-state index is 0.280. The van der Waals surface area contributed by atoms with Gasteiger partial charge < -0.3 is 10.1 Å². The molecule has 0 aromatic heterocycles. The third-order valence-electron chi connectivity index (χ3n) is 3.92. The summed E-state index contributed by atoms with van der Waals surface area (Å²) < 4.78 is 5.53. The Morgan fingerprint density at radius 2 is 1.90 bits per heavy atom. The topological polar surface area (TPSA) is 21.3 Å². The molecule has 3 heteroatoms. The third kappa shape index (κ3) is 2.32. The van der Waals surface area contributed by atoms with Crippen molar-refractivity contribution >= 4 is 11.8 Å². The Balaban J connectivity index is 1.99. The molecule has 2 atom stereocenters. The number of likely N-dealkylation sites (N-methyl/N-ethyl adjacent to an activating group) is 1. The fourth-order valence-electron chi connectivity index (χ4n) is 2.96. The van der Waals surface area contributed by atoms with E-state index in [4.69, 9.17) is 4.74 Å². The fraction of sp³-hybridized carbons (Fsp3) is 0.294. The Morgan fingerprint density at radius 1 is 1.15 bits per heavy atom. The minimum atomic E-state index is 0.280. The van der Waals surface area contributed by atoms with Crippen LogP contribution in [0.5, 0.6) is 5.75 Å². The number of hydrogen-bond donors (Lipinski definition) is 1. The predicted molar refractivity (Wildman–Crippen MR) is 84.7 cm³/mol. The molecule has 1 N–H and O–H groups in total. The molecular formula is C17H19NOS. The van der Waals surface area contributed by atoms with E-state index < -0.39 is 0 Å². The van der Waals surface area contributed by atoms with E-state index in [9.17, 15) is 0 Å². The van der Waals surface area contributed by atoms with Crippen LogP contribution in [0.3, 0.4) is 0 Å². The molecule has 0 saturated heterocycles. The number of benzene rings is 2. The Bertz CT molecular complexity index is 599. The van der Waals surface area contributed by atoms with Crippen molar-refractivity contribution in [3.63, 3.8) is 0 Å². The summed E-state index contributed by atoms with van der Waals surface area (Å²) in [5.74, 6) is 2.56. The van der Waals surface area contributed by atoms with E-state index in [-0.39, 0.29) is 6.04 Å². The zero-order valence-corrected chi connectivity index (χ0v) is 12.6. The number of hydrogen-bond acceptors (Lipinski definition) is 3. The van der Waals surface area contributed by atoms with Crippen LogP contribution >= 0.6 is 11.8 Å². The highest BCUT2D eigenvalue weighted by molar-refractivity contribution is 7.99. The molecule has 0 saturated carbocycles. The minimum Gasteiger partial charge on any atom is -0.496 e. The molecule has 0 fully saturated rings. The van der Waals surface area contributed by atoms with Crippen LogP contribution in [0.1, 0.15) is 23.1 Å². The first-order chi connectivity index (χ1) is 9.85. The van der Waals surface area contributed by atoms with Crippen LogP contribution < -0.4 is 10.1 Å². The lowest BCUT2D eigenvalue weighted by molar-refractivity contribution is 0.395. The van der Waals surface area contributed by atoms with Crippen molar-refractivity contribution in [2.75, 3.05) is 19.9 Å². The molecule has 2 aromatic carbocycles. The van der Waals surface area contributed by atoms with Gasteiger partial charge in [0.25, 0.3) is 0 Å². The van der Waals surface area contributed by atoms with Gasteiger partial charge in [-0.1, -0.05) is 36.4 Å². The van der Waals surface area contributed by atoms with Crippen molar-refractivity contribution in [3.05, 3.63) is 59.7 Å². The van der Waals surface area contributed by atoms with E-state index in [0.29, 0.717) is 5.92 Å². The van der Waals surface area contributed by atoms with E-state index in [0.717, 1.165) is 11.5 Å². The maximum atomic E-state index is 5.53. The SMILES string of the molecule is CNC(c1ccccc1OC)C1CSc2ccccc21. The first-order valence-corrected chi connectivity index (χ1v) is 7.85. The van der Waals surface area contributed by atoms with Gasteiger partial charge in [0.05, 0.1) is 7.11 Å². The summed E-state index contributed by atoms with van der Waals surface area (Å²) in [6.07, 6.45) is 0. The molecule has 1 aliphatic rings. The molecular weight excluding hydrogens is 266 g/mol. The second-order valence-electron chi connectivity index (χ2n) is 4.96. The average Bonchev–Trinajstić information content (AvgIpc) is 2.93. The fourth-order valence-corrected chi connectivity index (χ4v) is 4.25. The molecule has 104 valence electrons. The van der Waals surface area contributed by atoms with Gasteiger partial charge in [-0.05, 0) is 24.7 Å². The Labute approximate surface area is 124 Å². The maximum absolute atomic E-state index is 5.53. The average molecular weight is 285 g/mol. The molecule has 0 spiro atoms. The monoisotopic (exact) mass is 285 g/mol. The summed E-state index contributed by atoms with van der Waals surface area (Å²) in [5, 5.41) is 3.48. The number of nitrogens with one attached hydrogen (secondary N) is 1. The summed E-state index contributed by atoms with van der Waals surface area (Å²) in [4.78, 5) is 1.41. The van der Waals surface area contributed by atoms with Crippen molar-refractivity contribution in [2.45, 2.75) is 16.9 Å². The standard InChI is InChI=1S/C17H19NOS/c1-18-17(13-8-3-5-9-15(13)19-2)14-11-20-16-10-6-4-7-12(14)16/h3-10,14,17-18H,11H2,1-2H3. The zero-order chi connectivity index (χ0) is 13.9. The summed E-state index contributed by atoms with van der Waals surface area (Å²) in [5.41, 5.74) is 2.68. The van der Waals surface area contributed by atoms with Gasteiger partial charge in [-0.3, -0.25) is 0 Å². The molecule has 1 aliphatic heterocycles. The molecule has 0 bridgehead atoms. The number of thioether (sulfide) groups is 1. The molecule has 20 heavy (non-hydrogen) atoms. The maximum Gasteiger partial charge on any atom is 0.123 e. The van der Waals surface area contributed by atoms with Gasteiger partial charge in [-0.25, -0.2) is 0 Å². The van der Waals surface area contributed by atoms with Crippen LogP contribution in [0.2, 0.25) is 0 Å². The normalized spacial score (nSPS) is 18.6. The highest BCUT2D eigenvalue weighted by Crippen LogP contribution is 2.46. The van der Waals surface area contributed by atoms with Gasteiger partial charge in [0, 0.05) is 28.2 Å². The molecule has 0 aliphatic carbocycles. The first kappa shape index (κ1) is 13.5. The molecule has 1 heterocycles. The van der Waals surface area contributed by atoms with Crippen molar-refractivity contribution < 1.29 is 4.74 Å². The summed E-state index contributed by atoms with van der Waals surface area (Å²) >= 11 is 1.95. The highest BCUT2D eigenvalue weighted by Gasteiger charge is 2.31. The Hall–Kier alpha value is -1.45. The van der Waals surface area contributed by atoms with Crippen LogP contribution in [0, 0.1) is 0 Å². The van der Waals surface area contributed by atoms with E-state index in [1.807, 2.05) is 30.9 Å². The van der Waals surface area contributed by atoms with Gasteiger partial charge in [0.1, 0.15) is 5.75 Å². The largest absolute Gasteiger partial charge is 0.496 e.